The number of hydrogen-bond donors (Lipinski definition) is 2. The van der Waals surface area contributed by atoms with Crippen LogP contribution in [0.3, 0.4) is 0 Å². The maximum atomic E-state index is 10.6. The Morgan fingerprint density at radius 2 is 2.28 bits per heavy atom. The van der Waals surface area contributed by atoms with Crippen molar-refractivity contribution in [3.05, 3.63) is 29.3 Å². The summed E-state index contributed by atoms with van der Waals surface area (Å²) >= 11 is 0. The number of aryl methyl sites for hydroxylation is 1. The summed E-state index contributed by atoms with van der Waals surface area (Å²) in [5.74, 6) is 0.965. The molecule has 98 valence electrons. The SMILES string of the molecule is CC(C)(CNC(=O)O)c1ccc2c(c1)CCCO2. The summed E-state index contributed by atoms with van der Waals surface area (Å²) in [7, 11) is 0. The van der Waals surface area contributed by atoms with Crippen molar-refractivity contribution in [2.24, 2.45) is 0 Å². The first-order valence-electron chi connectivity index (χ1n) is 6.22. The normalized spacial score (nSPS) is 14.6. The largest absolute Gasteiger partial charge is 0.493 e. The van der Waals surface area contributed by atoms with Crippen LogP contribution in [-0.4, -0.2) is 24.4 Å². The fraction of sp³-hybridized carbons (Fsp3) is 0.500. The number of carbonyl (C=O) groups is 1. The molecular formula is C14H19NO3. The van der Waals surface area contributed by atoms with Gasteiger partial charge in [-0.3, -0.25) is 0 Å². The standard InChI is InChI=1S/C14H19NO3/c1-14(2,9-15-13(16)17)11-5-6-12-10(8-11)4-3-7-18-12/h5-6,8,15H,3-4,7,9H2,1-2H3,(H,16,17). The smallest absolute Gasteiger partial charge is 0.404 e. The van der Waals surface area contributed by atoms with Crippen molar-refractivity contribution in [2.75, 3.05) is 13.2 Å². The van der Waals surface area contributed by atoms with Gasteiger partial charge in [-0.05, 0) is 30.0 Å². The molecule has 0 spiro atoms. The van der Waals surface area contributed by atoms with Crippen LogP contribution in [0, 0.1) is 0 Å². The van der Waals surface area contributed by atoms with Crippen LogP contribution in [0.1, 0.15) is 31.4 Å². The molecule has 1 aromatic rings. The molecular weight excluding hydrogens is 230 g/mol. The van der Waals surface area contributed by atoms with Crippen molar-refractivity contribution in [1.82, 2.24) is 5.32 Å². The van der Waals surface area contributed by atoms with Gasteiger partial charge in [-0.15, -0.1) is 0 Å². The molecule has 18 heavy (non-hydrogen) atoms. The Morgan fingerprint density at radius 1 is 1.50 bits per heavy atom. The van der Waals surface area contributed by atoms with Crippen molar-refractivity contribution < 1.29 is 14.6 Å². The van der Waals surface area contributed by atoms with Crippen molar-refractivity contribution in [1.29, 1.82) is 0 Å². The zero-order chi connectivity index (χ0) is 13.2. The van der Waals surface area contributed by atoms with Crippen molar-refractivity contribution >= 4 is 6.09 Å². The minimum atomic E-state index is -0.982. The summed E-state index contributed by atoms with van der Waals surface area (Å²) in [4.78, 5) is 10.6. The van der Waals surface area contributed by atoms with Crippen LogP contribution in [0.25, 0.3) is 0 Å². The zero-order valence-corrected chi connectivity index (χ0v) is 10.8. The van der Waals surface area contributed by atoms with Crippen LogP contribution in [0.5, 0.6) is 5.75 Å². The zero-order valence-electron chi connectivity index (χ0n) is 10.8. The number of hydrogen-bond acceptors (Lipinski definition) is 2. The van der Waals surface area contributed by atoms with E-state index < -0.39 is 6.09 Å². The van der Waals surface area contributed by atoms with Crippen LogP contribution in [0.2, 0.25) is 0 Å². The van der Waals surface area contributed by atoms with E-state index in [1.807, 2.05) is 26.0 Å². The molecule has 0 aromatic heterocycles. The molecule has 1 aromatic carbocycles. The predicted molar refractivity (Wildman–Crippen MR) is 69.3 cm³/mol. The second-order valence-corrected chi connectivity index (χ2v) is 5.32. The molecule has 0 fully saturated rings. The Hall–Kier alpha value is -1.71. The number of fused-ring (bicyclic) bond motifs is 1. The summed E-state index contributed by atoms with van der Waals surface area (Å²) in [6.07, 6.45) is 1.10. The Balaban J connectivity index is 2.19. The molecule has 1 aliphatic rings. The molecule has 2 N–H and O–H groups in total. The fourth-order valence-corrected chi connectivity index (χ4v) is 2.18. The molecule has 1 aliphatic heterocycles. The van der Waals surface area contributed by atoms with Gasteiger partial charge >= 0.3 is 6.09 Å². The summed E-state index contributed by atoms with van der Waals surface area (Å²) in [5.41, 5.74) is 2.15. The van der Waals surface area contributed by atoms with Gasteiger partial charge in [0, 0.05) is 12.0 Å². The summed E-state index contributed by atoms with van der Waals surface area (Å²) in [6.45, 7) is 5.26. The van der Waals surface area contributed by atoms with Crippen molar-refractivity contribution in [3.63, 3.8) is 0 Å². The molecule has 4 nitrogen and oxygen atoms in total. The van der Waals surface area contributed by atoms with Crippen LogP contribution >= 0.6 is 0 Å². The number of carboxylic acid groups (broad SMARTS) is 1. The van der Waals surface area contributed by atoms with Gasteiger partial charge < -0.3 is 15.2 Å². The van der Waals surface area contributed by atoms with Gasteiger partial charge in [0.25, 0.3) is 0 Å². The fourth-order valence-electron chi connectivity index (χ4n) is 2.18. The Morgan fingerprint density at radius 3 is 3.00 bits per heavy atom. The van der Waals surface area contributed by atoms with Crippen LogP contribution in [-0.2, 0) is 11.8 Å². The highest BCUT2D eigenvalue weighted by Crippen LogP contribution is 2.30. The third kappa shape index (κ3) is 2.75. The van der Waals surface area contributed by atoms with Gasteiger partial charge in [0.2, 0.25) is 0 Å². The minimum Gasteiger partial charge on any atom is -0.493 e. The summed E-state index contributed by atoms with van der Waals surface area (Å²) in [5, 5.41) is 11.1. The number of benzene rings is 1. The lowest BCUT2D eigenvalue weighted by atomic mass is 9.83. The molecule has 0 saturated carbocycles. The first kappa shape index (κ1) is 12.7. The highest BCUT2D eigenvalue weighted by molar-refractivity contribution is 5.64. The second kappa shape index (κ2) is 4.88. The van der Waals surface area contributed by atoms with Gasteiger partial charge in [0.05, 0.1) is 6.61 Å². The first-order valence-corrected chi connectivity index (χ1v) is 6.22. The van der Waals surface area contributed by atoms with Gasteiger partial charge in [0.15, 0.2) is 0 Å². The van der Waals surface area contributed by atoms with E-state index in [-0.39, 0.29) is 5.41 Å². The lowest BCUT2D eigenvalue weighted by Crippen LogP contribution is -2.35. The average Bonchev–Trinajstić information content (AvgIpc) is 2.36. The Kier molecular flexibility index (Phi) is 3.45. The summed E-state index contributed by atoms with van der Waals surface area (Å²) in [6, 6.07) is 6.15. The molecule has 1 heterocycles. The molecule has 0 aliphatic carbocycles. The maximum absolute atomic E-state index is 10.6. The van der Waals surface area contributed by atoms with E-state index in [9.17, 15) is 4.79 Å². The molecule has 2 rings (SSSR count). The van der Waals surface area contributed by atoms with Gasteiger partial charge in [-0.2, -0.15) is 0 Å². The van der Waals surface area contributed by atoms with Crippen LogP contribution < -0.4 is 10.1 Å². The van der Waals surface area contributed by atoms with Gasteiger partial charge in [0.1, 0.15) is 5.75 Å². The van der Waals surface area contributed by atoms with Crippen molar-refractivity contribution in [2.45, 2.75) is 32.1 Å². The van der Waals surface area contributed by atoms with E-state index in [1.54, 1.807) is 0 Å². The molecule has 0 radical (unpaired) electrons. The van der Waals surface area contributed by atoms with Gasteiger partial charge in [-0.1, -0.05) is 26.0 Å². The number of amides is 1. The highest BCUT2D eigenvalue weighted by Gasteiger charge is 2.23. The van der Waals surface area contributed by atoms with Crippen LogP contribution in [0.4, 0.5) is 4.79 Å². The molecule has 1 amide bonds. The molecule has 0 unspecified atom stereocenters. The third-order valence-electron chi connectivity index (χ3n) is 3.37. The second-order valence-electron chi connectivity index (χ2n) is 5.32. The maximum Gasteiger partial charge on any atom is 0.404 e. The number of rotatable bonds is 3. The van der Waals surface area contributed by atoms with E-state index in [0.29, 0.717) is 6.54 Å². The van der Waals surface area contributed by atoms with E-state index in [1.165, 1.54) is 5.56 Å². The number of nitrogens with one attached hydrogen (secondary N) is 1. The monoisotopic (exact) mass is 249 g/mol. The molecule has 0 saturated heterocycles. The quantitative estimate of drug-likeness (QED) is 0.865. The van der Waals surface area contributed by atoms with E-state index in [2.05, 4.69) is 11.4 Å². The van der Waals surface area contributed by atoms with E-state index >= 15 is 0 Å². The third-order valence-corrected chi connectivity index (χ3v) is 3.37. The first-order chi connectivity index (χ1) is 8.49. The lowest BCUT2D eigenvalue weighted by Gasteiger charge is -2.27. The Bertz CT molecular complexity index is 454. The molecule has 0 bridgehead atoms. The lowest BCUT2D eigenvalue weighted by molar-refractivity contribution is 0.192. The molecule has 0 atom stereocenters. The van der Waals surface area contributed by atoms with E-state index in [4.69, 9.17) is 9.84 Å². The highest BCUT2D eigenvalue weighted by atomic mass is 16.5. The predicted octanol–water partition coefficient (Wildman–Crippen LogP) is 2.56. The Labute approximate surface area is 107 Å². The average molecular weight is 249 g/mol. The summed E-state index contributed by atoms with van der Waals surface area (Å²) < 4.78 is 5.58. The van der Waals surface area contributed by atoms with E-state index in [0.717, 1.165) is 30.8 Å². The van der Waals surface area contributed by atoms with Gasteiger partial charge in [-0.25, -0.2) is 4.79 Å². The molecule has 4 heteroatoms. The minimum absolute atomic E-state index is 0.217. The van der Waals surface area contributed by atoms with Crippen LogP contribution in [0.15, 0.2) is 18.2 Å². The topological polar surface area (TPSA) is 58.6 Å². The number of ether oxygens (including phenoxy) is 1. The van der Waals surface area contributed by atoms with Crippen molar-refractivity contribution in [3.8, 4) is 5.75 Å².